The SMILES string of the molecule is CC(C)=C1C(C)=C(C)c2cc(C)ccc21. The molecule has 0 unspecified atom stereocenters. The number of hydrogen-bond donors (Lipinski definition) is 0. The predicted molar refractivity (Wildman–Crippen MR) is 67.7 cm³/mol. The summed E-state index contributed by atoms with van der Waals surface area (Å²) in [6, 6.07) is 6.75. The topological polar surface area (TPSA) is 0 Å². The average Bonchev–Trinajstić information content (AvgIpc) is 2.41. The highest BCUT2D eigenvalue weighted by molar-refractivity contribution is 5.99. The van der Waals surface area contributed by atoms with Gasteiger partial charge in [-0.1, -0.05) is 29.3 Å². The highest BCUT2D eigenvalue weighted by Crippen LogP contribution is 2.42. The number of aryl methyl sites for hydroxylation is 1. The van der Waals surface area contributed by atoms with Crippen LogP contribution in [0, 0.1) is 6.92 Å². The molecule has 0 saturated carbocycles. The van der Waals surface area contributed by atoms with Crippen LogP contribution in [0.2, 0.25) is 0 Å². The van der Waals surface area contributed by atoms with Gasteiger partial charge in [-0.25, -0.2) is 0 Å². The molecule has 1 aliphatic rings. The Kier molecular flexibility index (Phi) is 2.30. The molecule has 0 heteroatoms. The second-order valence-electron chi connectivity index (χ2n) is 4.67. The van der Waals surface area contributed by atoms with Crippen LogP contribution >= 0.6 is 0 Å². The van der Waals surface area contributed by atoms with E-state index in [4.69, 9.17) is 0 Å². The first-order valence-corrected chi connectivity index (χ1v) is 5.49. The largest absolute Gasteiger partial charge is 0.0683 e. The molecule has 0 fully saturated rings. The third-order valence-corrected chi connectivity index (χ3v) is 3.29. The molecule has 1 aliphatic carbocycles. The molecule has 0 atom stereocenters. The fraction of sp³-hybridized carbons (Fsp3) is 0.333. The van der Waals surface area contributed by atoms with E-state index in [2.05, 4.69) is 52.8 Å². The Balaban J connectivity index is 2.77. The zero-order chi connectivity index (χ0) is 11.2. The van der Waals surface area contributed by atoms with E-state index in [1.54, 1.807) is 0 Å². The minimum Gasteiger partial charge on any atom is -0.0683 e. The lowest BCUT2D eigenvalue weighted by atomic mass is 9.98. The molecule has 0 bridgehead atoms. The molecule has 0 aromatic heterocycles. The zero-order valence-corrected chi connectivity index (χ0v) is 10.2. The Labute approximate surface area is 92.3 Å². The molecule has 1 aromatic carbocycles. The van der Waals surface area contributed by atoms with Gasteiger partial charge in [-0.15, -0.1) is 0 Å². The summed E-state index contributed by atoms with van der Waals surface area (Å²) < 4.78 is 0. The van der Waals surface area contributed by atoms with Gasteiger partial charge >= 0.3 is 0 Å². The molecule has 0 saturated heterocycles. The van der Waals surface area contributed by atoms with Crippen molar-refractivity contribution in [3.05, 3.63) is 46.0 Å². The van der Waals surface area contributed by atoms with E-state index in [-0.39, 0.29) is 0 Å². The lowest BCUT2D eigenvalue weighted by molar-refractivity contribution is 1.37. The average molecular weight is 198 g/mol. The van der Waals surface area contributed by atoms with E-state index in [0.29, 0.717) is 0 Å². The Hall–Kier alpha value is -1.30. The summed E-state index contributed by atoms with van der Waals surface area (Å²) in [6.45, 7) is 11.0. The van der Waals surface area contributed by atoms with Crippen LogP contribution in [-0.2, 0) is 0 Å². The Bertz CT molecular complexity index is 481. The monoisotopic (exact) mass is 198 g/mol. The Morgan fingerprint density at radius 1 is 0.867 bits per heavy atom. The quantitative estimate of drug-likeness (QED) is 0.571. The molecule has 1 aromatic rings. The molecule has 2 rings (SSSR count). The summed E-state index contributed by atoms with van der Waals surface area (Å²) in [6.07, 6.45) is 0. The second-order valence-corrected chi connectivity index (χ2v) is 4.67. The molecule has 0 aliphatic heterocycles. The van der Waals surface area contributed by atoms with Crippen molar-refractivity contribution >= 4 is 11.1 Å². The third-order valence-electron chi connectivity index (χ3n) is 3.29. The van der Waals surface area contributed by atoms with Gasteiger partial charge in [0.15, 0.2) is 0 Å². The maximum atomic E-state index is 2.30. The van der Waals surface area contributed by atoms with Crippen LogP contribution in [0.15, 0.2) is 29.3 Å². The standard InChI is InChI=1S/C15H18/c1-9(2)15-12(5)11(4)14-8-10(3)6-7-13(14)15/h6-8H,1-5H3. The van der Waals surface area contributed by atoms with Crippen molar-refractivity contribution in [3.8, 4) is 0 Å². The van der Waals surface area contributed by atoms with Gasteiger partial charge in [-0.2, -0.15) is 0 Å². The summed E-state index contributed by atoms with van der Waals surface area (Å²) in [5, 5.41) is 0. The Morgan fingerprint density at radius 3 is 2.13 bits per heavy atom. The second kappa shape index (κ2) is 3.37. The molecule has 0 heterocycles. The Morgan fingerprint density at radius 2 is 1.53 bits per heavy atom. The van der Waals surface area contributed by atoms with Crippen LogP contribution < -0.4 is 0 Å². The van der Waals surface area contributed by atoms with Gasteiger partial charge in [-0.3, -0.25) is 0 Å². The fourth-order valence-corrected chi connectivity index (χ4v) is 2.42. The molecule has 0 nitrogen and oxygen atoms in total. The lowest BCUT2D eigenvalue weighted by Gasteiger charge is -2.06. The number of rotatable bonds is 0. The van der Waals surface area contributed by atoms with Gasteiger partial charge in [0.05, 0.1) is 0 Å². The van der Waals surface area contributed by atoms with E-state index in [9.17, 15) is 0 Å². The molecular formula is C15H18. The van der Waals surface area contributed by atoms with E-state index in [0.717, 1.165) is 0 Å². The van der Waals surface area contributed by atoms with Gasteiger partial charge in [0.2, 0.25) is 0 Å². The molecule has 0 radical (unpaired) electrons. The van der Waals surface area contributed by atoms with Crippen LogP contribution in [0.4, 0.5) is 0 Å². The summed E-state index contributed by atoms with van der Waals surface area (Å²) in [4.78, 5) is 0. The van der Waals surface area contributed by atoms with E-state index in [1.165, 1.54) is 39.0 Å². The number of benzene rings is 1. The number of hydrogen-bond acceptors (Lipinski definition) is 0. The van der Waals surface area contributed by atoms with Crippen LogP contribution in [0.25, 0.3) is 11.1 Å². The smallest absolute Gasteiger partial charge is 0.0106 e. The first-order valence-electron chi connectivity index (χ1n) is 5.49. The third kappa shape index (κ3) is 1.45. The molecule has 78 valence electrons. The normalized spacial score (nSPS) is 14.6. The molecular weight excluding hydrogens is 180 g/mol. The summed E-state index contributed by atoms with van der Waals surface area (Å²) in [5.41, 5.74) is 9.91. The molecule has 0 spiro atoms. The van der Waals surface area contributed by atoms with Gasteiger partial charge in [-0.05, 0) is 62.5 Å². The van der Waals surface area contributed by atoms with Crippen LogP contribution in [0.3, 0.4) is 0 Å². The van der Waals surface area contributed by atoms with Gasteiger partial charge in [0, 0.05) is 0 Å². The summed E-state index contributed by atoms with van der Waals surface area (Å²) in [5.74, 6) is 0. The highest BCUT2D eigenvalue weighted by atomic mass is 14.2. The first kappa shape index (κ1) is 10.2. The molecule has 0 N–H and O–H groups in total. The molecule has 15 heavy (non-hydrogen) atoms. The van der Waals surface area contributed by atoms with Crippen molar-refractivity contribution in [1.29, 1.82) is 0 Å². The van der Waals surface area contributed by atoms with Gasteiger partial charge in [0.25, 0.3) is 0 Å². The van der Waals surface area contributed by atoms with E-state index < -0.39 is 0 Å². The van der Waals surface area contributed by atoms with Crippen LogP contribution in [0.5, 0.6) is 0 Å². The number of allylic oxidation sites excluding steroid dienone is 4. The molecule has 0 amide bonds. The number of fused-ring (bicyclic) bond motifs is 1. The lowest BCUT2D eigenvalue weighted by Crippen LogP contribution is -1.86. The highest BCUT2D eigenvalue weighted by Gasteiger charge is 2.21. The van der Waals surface area contributed by atoms with Gasteiger partial charge in [0.1, 0.15) is 0 Å². The van der Waals surface area contributed by atoms with Crippen molar-refractivity contribution in [2.45, 2.75) is 34.6 Å². The first-order chi connectivity index (χ1) is 7.02. The van der Waals surface area contributed by atoms with Crippen LogP contribution in [0.1, 0.15) is 44.4 Å². The fourth-order valence-electron chi connectivity index (χ4n) is 2.42. The van der Waals surface area contributed by atoms with Crippen molar-refractivity contribution < 1.29 is 0 Å². The zero-order valence-electron chi connectivity index (χ0n) is 10.2. The summed E-state index contributed by atoms with van der Waals surface area (Å²) >= 11 is 0. The van der Waals surface area contributed by atoms with Crippen molar-refractivity contribution in [1.82, 2.24) is 0 Å². The summed E-state index contributed by atoms with van der Waals surface area (Å²) in [7, 11) is 0. The maximum Gasteiger partial charge on any atom is -0.0106 e. The van der Waals surface area contributed by atoms with Crippen molar-refractivity contribution in [2.75, 3.05) is 0 Å². The van der Waals surface area contributed by atoms with Crippen molar-refractivity contribution in [2.24, 2.45) is 0 Å². The minimum absolute atomic E-state index is 1.34. The predicted octanol–water partition coefficient (Wildman–Crippen LogP) is 4.60. The minimum atomic E-state index is 1.34. The van der Waals surface area contributed by atoms with E-state index >= 15 is 0 Å². The van der Waals surface area contributed by atoms with Gasteiger partial charge < -0.3 is 0 Å². The van der Waals surface area contributed by atoms with E-state index in [1.807, 2.05) is 0 Å². The van der Waals surface area contributed by atoms with Crippen molar-refractivity contribution in [3.63, 3.8) is 0 Å². The maximum absolute atomic E-state index is 2.30. The van der Waals surface area contributed by atoms with Crippen LogP contribution in [-0.4, -0.2) is 0 Å².